The quantitative estimate of drug-likeness (QED) is 0.787. The van der Waals surface area contributed by atoms with Crippen molar-refractivity contribution in [3.63, 3.8) is 0 Å². The molecule has 2 aromatic rings. The Morgan fingerprint density at radius 3 is 2.42 bits per heavy atom. The van der Waals surface area contributed by atoms with Crippen LogP contribution in [0.1, 0.15) is 5.56 Å². The van der Waals surface area contributed by atoms with Gasteiger partial charge in [0.1, 0.15) is 6.54 Å². The summed E-state index contributed by atoms with van der Waals surface area (Å²) in [6.07, 6.45) is 1.25. The van der Waals surface area contributed by atoms with Gasteiger partial charge in [0.2, 0.25) is 15.9 Å². The molecule has 0 aliphatic carbocycles. The Bertz CT molecular complexity index is 954. The molecular formula is C17H15Cl2N3O3S. The summed E-state index contributed by atoms with van der Waals surface area (Å²) in [6, 6.07) is 13.3. The molecule has 0 radical (unpaired) electrons. The van der Waals surface area contributed by atoms with Crippen molar-refractivity contribution in [3.05, 3.63) is 58.1 Å². The lowest BCUT2D eigenvalue weighted by atomic mass is 10.1. The van der Waals surface area contributed by atoms with Gasteiger partial charge in [0.25, 0.3) is 0 Å². The first-order valence-corrected chi connectivity index (χ1v) is 10.00. The fourth-order valence-corrected chi connectivity index (χ4v) is 3.50. The van der Waals surface area contributed by atoms with Gasteiger partial charge in [0.15, 0.2) is 0 Å². The molecule has 0 fully saturated rings. The van der Waals surface area contributed by atoms with Gasteiger partial charge in [0, 0.05) is 5.69 Å². The lowest BCUT2D eigenvalue weighted by Crippen LogP contribution is -2.37. The number of nitrogens with zero attached hydrogens (tertiary/aromatic N) is 2. The molecule has 26 heavy (non-hydrogen) atoms. The van der Waals surface area contributed by atoms with Crippen molar-refractivity contribution in [1.29, 1.82) is 5.26 Å². The molecule has 0 heterocycles. The Morgan fingerprint density at radius 1 is 1.19 bits per heavy atom. The van der Waals surface area contributed by atoms with E-state index in [0.717, 1.165) is 16.1 Å². The van der Waals surface area contributed by atoms with Crippen LogP contribution in [0.15, 0.2) is 42.5 Å². The minimum atomic E-state index is -3.77. The summed E-state index contributed by atoms with van der Waals surface area (Å²) < 4.78 is 25.1. The number of nitriles is 1. The number of nitrogens with one attached hydrogen (secondary N) is 1. The molecule has 136 valence electrons. The summed E-state index contributed by atoms with van der Waals surface area (Å²) in [5, 5.41) is 11.5. The Morgan fingerprint density at radius 2 is 1.85 bits per heavy atom. The number of amides is 1. The van der Waals surface area contributed by atoms with Crippen LogP contribution in [-0.4, -0.2) is 27.1 Å². The van der Waals surface area contributed by atoms with E-state index in [1.807, 2.05) is 6.07 Å². The second-order valence-electron chi connectivity index (χ2n) is 5.42. The maximum Gasteiger partial charge on any atom is 0.245 e. The largest absolute Gasteiger partial charge is 0.325 e. The standard InChI is InChI=1S/C17H15Cl2N3O3S/c1-26(24,25)22(15-4-2-3-14(18)17(15)19)11-16(23)21-13-7-5-12(6-8-13)9-10-20/h2-8H,9,11H2,1H3,(H,21,23). The summed E-state index contributed by atoms with van der Waals surface area (Å²) in [7, 11) is -3.77. The zero-order valence-corrected chi connectivity index (χ0v) is 16.1. The third-order valence-electron chi connectivity index (χ3n) is 3.41. The van der Waals surface area contributed by atoms with E-state index in [1.54, 1.807) is 30.3 Å². The first kappa shape index (κ1) is 20.0. The van der Waals surface area contributed by atoms with Crippen molar-refractivity contribution in [1.82, 2.24) is 0 Å². The summed E-state index contributed by atoms with van der Waals surface area (Å²) in [6.45, 7) is -0.459. The molecule has 0 unspecified atom stereocenters. The van der Waals surface area contributed by atoms with Crippen LogP contribution in [-0.2, 0) is 21.2 Å². The SMILES string of the molecule is CS(=O)(=O)N(CC(=O)Nc1ccc(CC#N)cc1)c1cccc(Cl)c1Cl. The monoisotopic (exact) mass is 411 g/mol. The molecule has 6 nitrogen and oxygen atoms in total. The van der Waals surface area contributed by atoms with Gasteiger partial charge in [-0.15, -0.1) is 0 Å². The number of carbonyl (C=O) groups excluding carboxylic acids is 1. The second kappa shape index (κ2) is 8.41. The molecule has 0 spiro atoms. The fraction of sp³-hybridized carbons (Fsp3) is 0.176. The molecule has 0 saturated heterocycles. The number of hydrogen-bond donors (Lipinski definition) is 1. The van der Waals surface area contributed by atoms with Crippen LogP contribution in [0.5, 0.6) is 0 Å². The Hall–Kier alpha value is -2.27. The van der Waals surface area contributed by atoms with Gasteiger partial charge in [0.05, 0.1) is 34.5 Å². The first-order chi connectivity index (χ1) is 12.2. The van der Waals surface area contributed by atoms with Crippen LogP contribution in [0.4, 0.5) is 11.4 Å². The molecule has 2 rings (SSSR count). The molecule has 0 aromatic heterocycles. The molecule has 1 amide bonds. The van der Waals surface area contributed by atoms with Gasteiger partial charge in [-0.25, -0.2) is 8.42 Å². The van der Waals surface area contributed by atoms with Gasteiger partial charge < -0.3 is 5.32 Å². The zero-order valence-electron chi connectivity index (χ0n) is 13.7. The Kier molecular flexibility index (Phi) is 6.48. The number of hydrogen-bond acceptors (Lipinski definition) is 4. The summed E-state index contributed by atoms with van der Waals surface area (Å²) in [4.78, 5) is 12.3. The van der Waals surface area contributed by atoms with Gasteiger partial charge >= 0.3 is 0 Å². The topological polar surface area (TPSA) is 90.3 Å². The predicted octanol–water partition coefficient (Wildman–Crippen LogP) is 3.46. The third-order valence-corrected chi connectivity index (χ3v) is 5.34. The number of sulfonamides is 1. The van der Waals surface area contributed by atoms with E-state index >= 15 is 0 Å². The van der Waals surface area contributed by atoms with Gasteiger partial charge in [-0.05, 0) is 29.8 Å². The molecular weight excluding hydrogens is 397 g/mol. The number of benzene rings is 2. The lowest BCUT2D eigenvalue weighted by molar-refractivity contribution is -0.114. The highest BCUT2D eigenvalue weighted by Gasteiger charge is 2.24. The maximum absolute atomic E-state index is 12.3. The van der Waals surface area contributed by atoms with E-state index in [4.69, 9.17) is 28.5 Å². The fourth-order valence-electron chi connectivity index (χ4n) is 2.19. The van der Waals surface area contributed by atoms with Gasteiger partial charge in [-0.2, -0.15) is 5.26 Å². The second-order valence-corrected chi connectivity index (χ2v) is 8.11. The van der Waals surface area contributed by atoms with Gasteiger partial charge in [-0.1, -0.05) is 41.4 Å². The van der Waals surface area contributed by atoms with Crippen LogP contribution in [0.25, 0.3) is 0 Å². The predicted molar refractivity (Wildman–Crippen MR) is 103 cm³/mol. The maximum atomic E-state index is 12.3. The minimum Gasteiger partial charge on any atom is -0.325 e. The smallest absolute Gasteiger partial charge is 0.245 e. The van der Waals surface area contributed by atoms with Crippen molar-refractivity contribution in [2.45, 2.75) is 6.42 Å². The number of anilines is 2. The zero-order chi connectivity index (χ0) is 19.3. The van der Waals surface area contributed by atoms with Crippen molar-refractivity contribution in [2.24, 2.45) is 0 Å². The van der Waals surface area contributed by atoms with E-state index in [9.17, 15) is 13.2 Å². The van der Waals surface area contributed by atoms with Crippen LogP contribution in [0.2, 0.25) is 10.0 Å². The number of rotatable bonds is 6. The van der Waals surface area contributed by atoms with Crippen molar-refractivity contribution in [2.75, 3.05) is 22.4 Å². The van der Waals surface area contributed by atoms with E-state index in [0.29, 0.717) is 5.69 Å². The van der Waals surface area contributed by atoms with E-state index < -0.39 is 22.5 Å². The summed E-state index contributed by atoms with van der Waals surface area (Å²) in [5.41, 5.74) is 1.43. The normalized spacial score (nSPS) is 10.8. The first-order valence-electron chi connectivity index (χ1n) is 7.40. The van der Waals surface area contributed by atoms with Crippen molar-refractivity contribution in [3.8, 4) is 6.07 Å². The highest BCUT2D eigenvalue weighted by atomic mass is 35.5. The third kappa shape index (κ3) is 5.11. The number of halogens is 2. The Balaban J connectivity index is 2.20. The van der Waals surface area contributed by atoms with Gasteiger partial charge in [-0.3, -0.25) is 9.10 Å². The highest BCUT2D eigenvalue weighted by molar-refractivity contribution is 7.92. The van der Waals surface area contributed by atoms with Crippen LogP contribution < -0.4 is 9.62 Å². The van der Waals surface area contributed by atoms with Crippen molar-refractivity contribution < 1.29 is 13.2 Å². The molecule has 0 aliphatic heterocycles. The Labute approximate surface area is 162 Å². The number of carbonyl (C=O) groups is 1. The molecule has 0 atom stereocenters. The van der Waals surface area contributed by atoms with Crippen LogP contribution in [0.3, 0.4) is 0 Å². The minimum absolute atomic E-state index is 0.0493. The summed E-state index contributed by atoms with van der Waals surface area (Å²) >= 11 is 12.0. The molecule has 0 aliphatic rings. The van der Waals surface area contributed by atoms with Crippen LogP contribution in [0, 0.1) is 11.3 Å². The average Bonchev–Trinajstić information content (AvgIpc) is 2.57. The molecule has 9 heteroatoms. The van der Waals surface area contributed by atoms with E-state index in [-0.39, 0.29) is 22.2 Å². The molecule has 0 saturated carbocycles. The van der Waals surface area contributed by atoms with Crippen LogP contribution >= 0.6 is 23.2 Å². The van der Waals surface area contributed by atoms with Crippen molar-refractivity contribution >= 4 is 50.5 Å². The molecule has 2 aromatic carbocycles. The molecule has 0 bridgehead atoms. The highest BCUT2D eigenvalue weighted by Crippen LogP contribution is 2.33. The average molecular weight is 412 g/mol. The summed E-state index contributed by atoms with van der Waals surface area (Å²) in [5.74, 6) is -0.542. The van der Waals surface area contributed by atoms with E-state index in [2.05, 4.69) is 5.32 Å². The molecule has 1 N–H and O–H groups in total. The van der Waals surface area contributed by atoms with E-state index in [1.165, 1.54) is 12.1 Å². The lowest BCUT2D eigenvalue weighted by Gasteiger charge is -2.23.